The van der Waals surface area contributed by atoms with E-state index in [-0.39, 0.29) is 12.6 Å². The number of benzene rings is 2. The lowest BCUT2D eigenvalue weighted by Gasteiger charge is -2.55. The lowest BCUT2D eigenvalue weighted by molar-refractivity contribution is -0.159. The van der Waals surface area contributed by atoms with Crippen LogP contribution in [0.15, 0.2) is 61.2 Å². The molecule has 0 spiro atoms. The minimum Gasteiger partial charge on any atom is -0.493 e. The second-order valence-corrected chi connectivity index (χ2v) is 7.42. The number of nitrogens with zero attached hydrogens (tertiary/aromatic N) is 1. The molecule has 6 nitrogen and oxygen atoms in total. The highest BCUT2D eigenvalue weighted by Crippen LogP contribution is 2.52. The molecule has 0 aromatic heterocycles. The Bertz CT molecular complexity index is 965. The van der Waals surface area contributed by atoms with Crippen molar-refractivity contribution < 1.29 is 19.0 Å². The number of para-hydroxylation sites is 2. The average Bonchev–Trinajstić information content (AvgIpc) is 2.71. The van der Waals surface area contributed by atoms with Gasteiger partial charge in [-0.15, -0.1) is 0 Å². The maximum absolute atomic E-state index is 13.1. The number of esters is 1. The monoisotopic (exact) mass is 410 g/mol. The summed E-state index contributed by atoms with van der Waals surface area (Å²) in [6.45, 7) is 5.61. The Kier molecular flexibility index (Phi) is 4.92. The number of methoxy groups -OCH3 is 1. The number of hydrogen-bond acceptors (Lipinski definition) is 5. The van der Waals surface area contributed by atoms with E-state index in [0.29, 0.717) is 16.6 Å². The topological polar surface area (TPSA) is 60.0 Å². The van der Waals surface area contributed by atoms with Gasteiger partial charge in [-0.3, -0.25) is 9.69 Å². The minimum absolute atomic E-state index is 0.124. The fourth-order valence-electron chi connectivity index (χ4n) is 4.09. The van der Waals surface area contributed by atoms with E-state index in [1.54, 1.807) is 13.2 Å². The summed E-state index contributed by atoms with van der Waals surface area (Å²) in [4.78, 5) is 15.0. The van der Waals surface area contributed by atoms with Gasteiger partial charge in [0, 0.05) is 11.3 Å². The van der Waals surface area contributed by atoms with Gasteiger partial charge in [-0.1, -0.05) is 43.0 Å². The van der Waals surface area contributed by atoms with E-state index < -0.39 is 17.7 Å². The van der Waals surface area contributed by atoms with E-state index in [1.807, 2.05) is 60.4 Å². The van der Waals surface area contributed by atoms with Crippen LogP contribution in [0.25, 0.3) is 0 Å². The molecule has 2 aliphatic rings. The summed E-state index contributed by atoms with van der Waals surface area (Å²) >= 11 is 5.69. The van der Waals surface area contributed by atoms with Gasteiger partial charge in [0.15, 0.2) is 16.6 Å². The maximum Gasteiger partial charge on any atom is 0.317 e. The third-order valence-electron chi connectivity index (χ3n) is 5.32. The fraction of sp³-hybridized carbons (Fsp3) is 0.273. The predicted octanol–water partition coefficient (Wildman–Crippen LogP) is 3.59. The highest BCUT2D eigenvalue weighted by molar-refractivity contribution is 7.80. The average molecular weight is 410 g/mol. The molecule has 3 unspecified atom stereocenters. The first-order chi connectivity index (χ1) is 14.0. The molecule has 1 N–H and O–H groups in total. The Hall–Kier alpha value is -3.06. The number of ether oxygens (including phenoxy) is 3. The zero-order valence-corrected chi connectivity index (χ0v) is 17.1. The standard InChI is InChI=1S/C22H22N2O4S/c1-4-13-27-20(25)17-18-15-11-8-12-16(26-3)19(15)28-22(17,2)24(21(29)23-18)14-9-6-5-7-10-14/h4-12,17-18H,1,13H2,2-3H3,(H,23,29). The molecule has 2 aromatic carbocycles. The van der Waals surface area contributed by atoms with Crippen LogP contribution >= 0.6 is 12.2 Å². The number of fused-ring (bicyclic) bond motifs is 4. The molecule has 0 saturated carbocycles. The van der Waals surface area contributed by atoms with E-state index in [1.165, 1.54) is 0 Å². The number of rotatable bonds is 5. The van der Waals surface area contributed by atoms with Gasteiger partial charge in [0.1, 0.15) is 12.5 Å². The molecule has 0 radical (unpaired) electrons. The van der Waals surface area contributed by atoms with Crippen LogP contribution in [0.1, 0.15) is 18.5 Å². The zero-order chi connectivity index (χ0) is 20.6. The second-order valence-electron chi connectivity index (χ2n) is 7.03. The molecule has 0 amide bonds. The van der Waals surface area contributed by atoms with Crippen LogP contribution in [-0.4, -0.2) is 30.5 Å². The molecule has 0 aliphatic carbocycles. The highest BCUT2D eigenvalue weighted by atomic mass is 32.1. The maximum atomic E-state index is 13.1. The van der Waals surface area contributed by atoms with Crippen LogP contribution in [0.3, 0.4) is 0 Å². The first-order valence-corrected chi connectivity index (χ1v) is 9.71. The summed E-state index contributed by atoms with van der Waals surface area (Å²) in [6, 6.07) is 14.8. The number of hydrogen-bond donors (Lipinski definition) is 1. The molecule has 1 fully saturated rings. The van der Waals surface area contributed by atoms with Gasteiger partial charge >= 0.3 is 5.97 Å². The third kappa shape index (κ3) is 3.02. The summed E-state index contributed by atoms with van der Waals surface area (Å²) in [5.41, 5.74) is 0.497. The van der Waals surface area contributed by atoms with E-state index in [2.05, 4.69) is 11.9 Å². The third-order valence-corrected chi connectivity index (χ3v) is 5.62. The van der Waals surface area contributed by atoms with Gasteiger partial charge in [-0.25, -0.2) is 0 Å². The molecular weight excluding hydrogens is 388 g/mol. The lowest BCUT2D eigenvalue weighted by atomic mass is 9.79. The van der Waals surface area contributed by atoms with Gasteiger partial charge in [0.2, 0.25) is 5.72 Å². The van der Waals surface area contributed by atoms with E-state index in [0.717, 1.165) is 11.3 Å². The Morgan fingerprint density at radius 1 is 1.31 bits per heavy atom. The van der Waals surface area contributed by atoms with Crippen molar-refractivity contribution in [3.05, 3.63) is 66.7 Å². The first-order valence-electron chi connectivity index (χ1n) is 9.30. The molecule has 29 heavy (non-hydrogen) atoms. The van der Waals surface area contributed by atoms with Crippen LogP contribution in [-0.2, 0) is 9.53 Å². The minimum atomic E-state index is -1.12. The summed E-state index contributed by atoms with van der Waals surface area (Å²) in [5.74, 6) is 0.126. The van der Waals surface area contributed by atoms with Crippen molar-refractivity contribution in [3.63, 3.8) is 0 Å². The van der Waals surface area contributed by atoms with Gasteiger partial charge in [-0.05, 0) is 37.3 Å². The number of nitrogens with one attached hydrogen (secondary N) is 1. The van der Waals surface area contributed by atoms with Gasteiger partial charge in [0.05, 0.1) is 13.2 Å². The fourth-order valence-corrected chi connectivity index (χ4v) is 4.50. The lowest BCUT2D eigenvalue weighted by Crippen LogP contribution is -2.71. The van der Waals surface area contributed by atoms with Gasteiger partial charge < -0.3 is 19.5 Å². The molecule has 3 atom stereocenters. The Labute approximate surface area is 175 Å². The molecule has 2 aliphatic heterocycles. The van der Waals surface area contributed by atoms with Gasteiger partial charge in [0.25, 0.3) is 0 Å². The van der Waals surface area contributed by atoms with E-state index >= 15 is 0 Å². The number of anilines is 1. The molecule has 4 rings (SSSR count). The van der Waals surface area contributed by atoms with Crippen molar-refractivity contribution in [1.29, 1.82) is 0 Å². The molecule has 7 heteroatoms. The summed E-state index contributed by atoms with van der Waals surface area (Å²) in [5, 5.41) is 3.81. The molecule has 2 bridgehead atoms. The van der Waals surface area contributed by atoms with Crippen LogP contribution < -0.4 is 19.7 Å². The Morgan fingerprint density at radius 3 is 2.76 bits per heavy atom. The number of carbonyl (C=O) groups excluding carboxylic acids is 1. The summed E-state index contributed by atoms with van der Waals surface area (Å²) < 4.78 is 17.5. The van der Waals surface area contributed by atoms with Crippen LogP contribution in [0.2, 0.25) is 0 Å². The van der Waals surface area contributed by atoms with Crippen molar-refractivity contribution in [2.24, 2.45) is 5.92 Å². The van der Waals surface area contributed by atoms with Crippen molar-refractivity contribution in [2.45, 2.75) is 18.7 Å². The summed E-state index contributed by atoms with van der Waals surface area (Å²) in [6.07, 6.45) is 1.55. The van der Waals surface area contributed by atoms with Crippen molar-refractivity contribution in [3.8, 4) is 11.5 Å². The van der Waals surface area contributed by atoms with Crippen molar-refractivity contribution >= 4 is 29.0 Å². The largest absolute Gasteiger partial charge is 0.493 e. The SMILES string of the molecule is C=CCOC(=O)C1C2NC(=S)N(c3ccccc3)C1(C)Oc1c(OC)cccc12. The number of carbonyl (C=O) groups is 1. The highest BCUT2D eigenvalue weighted by Gasteiger charge is 2.60. The molecular formula is C22H22N2O4S. The smallest absolute Gasteiger partial charge is 0.317 e. The van der Waals surface area contributed by atoms with Gasteiger partial charge in [-0.2, -0.15) is 0 Å². The Morgan fingerprint density at radius 2 is 2.07 bits per heavy atom. The molecule has 150 valence electrons. The van der Waals surface area contributed by atoms with Crippen LogP contribution in [0.5, 0.6) is 11.5 Å². The zero-order valence-electron chi connectivity index (χ0n) is 16.3. The molecule has 2 aromatic rings. The quantitative estimate of drug-likeness (QED) is 0.459. The van der Waals surface area contributed by atoms with Crippen molar-refractivity contribution in [1.82, 2.24) is 5.32 Å². The predicted molar refractivity (Wildman–Crippen MR) is 114 cm³/mol. The second kappa shape index (κ2) is 7.40. The van der Waals surface area contributed by atoms with Crippen molar-refractivity contribution in [2.75, 3.05) is 18.6 Å². The van der Waals surface area contributed by atoms with E-state index in [9.17, 15) is 4.79 Å². The van der Waals surface area contributed by atoms with Crippen LogP contribution in [0.4, 0.5) is 5.69 Å². The molecule has 2 heterocycles. The van der Waals surface area contributed by atoms with Crippen LogP contribution in [0, 0.1) is 5.92 Å². The normalized spacial score (nSPS) is 24.6. The number of thiocarbonyl (C=S) groups is 1. The first kappa shape index (κ1) is 19.3. The van der Waals surface area contributed by atoms with E-state index in [4.69, 9.17) is 26.4 Å². The Balaban J connectivity index is 1.89. The molecule has 1 saturated heterocycles. The summed E-state index contributed by atoms with van der Waals surface area (Å²) in [7, 11) is 1.59.